The van der Waals surface area contributed by atoms with E-state index in [1.165, 1.54) is 0 Å². The first kappa shape index (κ1) is 16.3. The number of urea groups is 1. The van der Waals surface area contributed by atoms with Gasteiger partial charge in [0.25, 0.3) is 0 Å². The lowest BCUT2D eigenvalue weighted by molar-refractivity contribution is -0.132. The predicted octanol–water partition coefficient (Wildman–Crippen LogP) is 2.27. The minimum Gasteiger partial charge on any atom is -0.344 e. The van der Waals surface area contributed by atoms with Gasteiger partial charge in [0.1, 0.15) is 0 Å². The van der Waals surface area contributed by atoms with Gasteiger partial charge in [0.2, 0.25) is 5.91 Å². The van der Waals surface area contributed by atoms with Gasteiger partial charge in [0.05, 0.1) is 28.8 Å². The van der Waals surface area contributed by atoms with Crippen molar-refractivity contribution in [2.75, 3.05) is 18.9 Å². The van der Waals surface area contributed by atoms with E-state index >= 15 is 0 Å². The summed E-state index contributed by atoms with van der Waals surface area (Å²) in [6.07, 6.45) is 4.35. The number of hydrogen-bond donors (Lipinski definition) is 2. The largest absolute Gasteiger partial charge is 0.344 e. The van der Waals surface area contributed by atoms with Crippen LogP contribution in [0.5, 0.6) is 0 Å². The summed E-state index contributed by atoms with van der Waals surface area (Å²) in [5.74, 6) is 0.106. The molecule has 0 spiro atoms. The fourth-order valence-corrected chi connectivity index (χ4v) is 2.86. The van der Waals surface area contributed by atoms with Gasteiger partial charge in [0.15, 0.2) is 0 Å². The molecule has 2 N–H and O–H groups in total. The Labute approximate surface area is 144 Å². The molecule has 1 fully saturated rings. The maximum absolute atomic E-state index is 12.1. The molecule has 126 valence electrons. The third-order valence-electron chi connectivity index (χ3n) is 3.90. The smallest absolute Gasteiger partial charge is 0.319 e. The summed E-state index contributed by atoms with van der Waals surface area (Å²) in [6, 6.07) is 6.96. The molecule has 1 aliphatic heterocycles. The number of carbonyl (C=O) groups excluding carboxylic acids is 2. The third-order valence-corrected chi connectivity index (χ3v) is 4.22. The Kier molecular flexibility index (Phi) is 4.71. The number of benzene rings is 1. The average molecular weight is 348 g/mol. The SMILES string of the molecule is CN1C[C@@H](NC(=O)Nc2cnn(-c3ccccc3Cl)c2)CCC1=O. The van der Waals surface area contributed by atoms with E-state index in [9.17, 15) is 9.59 Å². The number of anilines is 1. The van der Waals surface area contributed by atoms with Gasteiger partial charge in [-0.05, 0) is 18.6 Å². The predicted molar refractivity (Wildman–Crippen MR) is 91.4 cm³/mol. The molecule has 24 heavy (non-hydrogen) atoms. The average Bonchev–Trinajstić information content (AvgIpc) is 2.99. The number of aromatic nitrogens is 2. The molecule has 3 rings (SSSR count). The Bertz CT molecular complexity index is 760. The van der Waals surface area contributed by atoms with Gasteiger partial charge in [-0.3, -0.25) is 4.79 Å². The van der Waals surface area contributed by atoms with E-state index in [4.69, 9.17) is 11.6 Å². The number of halogens is 1. The molecule has 1 aromatic heterocycles. The molecule has 0 unspecified atom stereocenters. The van der Waals surface area contributed by atoms with Crippen LogP contribution in [0.4, 0.5) is 10.5 Å². The lowest BCUT2D eigenvalue weighted by atomic mass is 10.1. The molecular formula is C16H18ClN5O2. The van der Waals surface area contributed by atoms with E-state index in [1.54, 1.807) is 35.1 Å². The molecule has 1 aromatic carbocycles. The van der Waals surface area contributed by atoms with Crippen LogP contribution >= 0.6 is 11.6 Å². The molecular weight excluding hydrogens is 330 g/mol. The van der Waals surface area contributed by atoms with Crippen LogP contribution < -0.4 is 10.6 Å². The maximum atomic E-state index is 12.1. The molecule has 0 aliphatic carbocycles. The number of rotatable bonds is 3. The summed E-state index contributed by atoms with van der Waals surface area (Å²) in [5, 5.41) is 10.4. The third kappa shape index (κ3) is 3.68. The van der Waals surface area contributed by atoms with Crippen LogP contribution in [0.1, 0.15) is 12.8 Å². The first-order valence-corrected chi connectivity index (χ1v) is 8.02. The van der Waals surface area contributed by atoms with E-state index in [2.05, 4.69) is 15.7 Å². The second kappa shape index (κ2) is 6.92. The molecule has 1 aliphatic rings. The zero-order valence-corrected chi connectivity index (χ0v) is 14.0. The lowest BCUT2D eigenvalue weighted by Gasteiger charge is -2.30. The number of nitrogens with one attached hydrogen (secondary N) is 2. The van der Waals surface area contributed by atoms with Crippen LogP contribution in [0.3, 0.4) is 0 Å². The molecule has 0 radical (unpaired) electrons. The Morgan fingerprint density at radius 1 is 1.38 bits per heavy atom. The highest BCUT2D eigenvalue weighted by molar-refractivity contribution is 6.32. The number of likely N-dealkylation sites (N-methyl/N-ethyl adjacent to an activating group) is 1. The van der Waals surface area contributed by atoms with Crippen molar-refractivity contribution in [3.63, 3.8) is 0 Å². The first-order valence-electron chi connectivity index (χ1n) is 7.64. The molecule has 8 heteroatoms. The zero-order chi connectivity index (χ0) is 17.1. The second-order valence-corrected chi connectivity index (χ2v) is 6.14. The van der Waals surface area contributed by atoms with E-state index in [0.29, 0.717) is 30.1 Å². The number of hydrogen-bond acceptors (Lipinski definition) is 3. The summed E-state index contributed by atoms with van der Waals surface area (Å²) in [6.45, 7) is 0.519. The molecule has 0 saturated carbocycles. The van der Waals surface area contributed by atoms with Crippen molar-refractivity contribution in [3.8, 4) is 5.69 Å². The number of nitrogens with zero attached hydrogens (tertiary/aromatic N) is 3. The molecule has 1 atom stereocenters. The quantitative estimate of drug-likeness (QED) is 0.893. The molecule has 7 nitrogen and oxygen atoms in total. The van der Waals surface area contributed by atoms with Crippen LogP contribution in [0.25, 0.3) is 5.69 Å². The summed E-state index contributed by atoms with van der Waals surface area (Å²) < 4.78 is 1.60. The van der Waals surface area contributed by atoms with Crippen LogP contribution in [-0.4, -0.2) is 46.3 Å². The van der Waals surface area contributed by atoms with Gasteiger partial charge in [-0.25, -0.2) is 9.48 Å². The highest BCUT2D eigenvalue weighted by atomic mass is 35.5. The Hall–Kier alpha value is -2.54. The molecule has 2 heterocycles. The van der Waals surface area contributed by atoms with Crippen molar-refractivity contribution in [2.24, 2.45) is 0 Å². The highest BCUT2D eigenvalue weighted by Gasteiger charge is 2.24. The van der Waals surface area contributed by atoms with Gasteiger partial charge in [-0.2, -0.15) is 5.10 Å². The minimum atomic E-state index is -0.318. The fraction of sp³-hybridized carbons (Fsp3) is 0.312. The topological polar surface area (TPSA) is 79.3 Å². The van der Waals surface area contributed by atoms with Crippen molar-refractivity contribution in [3.05, 3.63) is 41.7 Å². The zero-order valence-electron chi connectivity index (χ0n) is 13.2. The fourth-order valence-electron chi connectivity index (χ4n) is 2.64. The monoisotopic (exact) mass is 347 g/mol. The van der Waals surface area contributed by atoms with Crippen molar-refractivity contribution in [2.45, 2.75) is 18.9 Å². The molecule has 3 amide bonds. The number of carbonyl (C=O) groups is 2. The molecule has 0 bridgehead atoms. The maximum Gasteiger partial charge on any atom is 0.319 e. The Morgan fingerprint density at radius 3 is 2.92 bits per heavy atom. The van der Waals surface area contributed by atoms with Crippen LogP contribution in [0.15, 0.2) is 36.7 Å². The normalized spacial score (nSPS) is 17.7. The van der Waals surface area contributed by atoms with Gasteiger partial charge in [0, 0.05) is 26.1 Å². The van der Waals surface area contributed by atoms with Crippen LogP contribution in [-0.2, 0) is 4.79 Å². The van der Waals surface area contributed by atoms with E-state index < -0.39 is 0 Å². The molecule has 1 saturated heterocycles. The number of likely N-dealkylation sites (tertiary alicyclic amines) is 1. The summed E-state index contributed by atoms with van der Waals surface area (Å²) in [5.41, 5.74) is 1.30. The Morgan fingerprint density at radius 2 is 2.17 bits per heavy atom. The number of amides is 3. The van der Waals surface area contributed by atoms with E-state index in [0.717, 1.165) is 5.69 Å². The van der Waals surface area contributed by atoms with Gasteiger partial charge < -0.3 is 15.5 Å². The van der Waals surface area contributed by atoms with Gasteiger partial charge in [-0.15, -0.1) is 0 Å². The van der Waals surface area contributed by atoms with E-state index in [-0.39, 0.29) is 18.0 Å². The van der Waals surface area contributed by atoms with Crippen LogP contribution in [0.2, 0.25) is 5.02 Å². The van der Waals surface area contributed by atoms with Crippen molar-refractivity contribution in [1.29, 1.82) is 0 Å². The van der Waals surface area contributed by atoms with Crippen molar-refractivity contribution >= 4 is 29.2 Å². The summed E-state index contributed by atoms with van der Waals surface area (Å²) in [7, 11) is 1.74. The van der Waals surface area contributed by atoms with Crippen LogP contribution in [0, 0.1) is 0 Å². The molecule has 2 aromatic rings. The Balaban J connectivity index is 1.60. The highest BCUT2D eigenvalue weighted by Crippen LogP contribution is 2.20. The van der Waals surface area contributed by atoms with Gasteiger partial charge >= 0.3 is 6.03 Å². The van der Waals surface area contributed by atoms with Crippen molar-refractivity contribution in [1.82, 2.24) is 20.0 Å². The standard InChI is InChI=1S/C16H18ClN5O2/c1-21-9-11(6-7-15(21)23)19-16(24)20-12-8-18-22(10-12)14-5-3-2-4-13(14)17/h2-5,8,10-11H,6-7,9H2,1H3,(H2,19,20,24)/t11-/m0/s1. The summed E-state index contributed by atoms with van der Waals surface area (Å²) >= 11 is 6.14. The number of piperidine rings is 1. The number of para-hydroxylation sites is 1. The summed E-state index contributed by atoms with van der Waals surface area (Å²) in [4.78, 5) is 25.2. The van der Waals surface area contributed by atoms with Crippen molar-refractivity contribution < 1.29 is 9.59 Å². The first-order chi connectivity index (χ1) is 11.5. The van der Waals surface area contributed by atoms with E-state index in [1.807, 2.05) is 18.2 Å². The second-order valence-electron chi connectivity index (χ2n) is 5.73. The minimum absolute atomic E-state index is 0.0497. The lowest BCUT2D eigenvalue weighted by Crippen LogP contribution is -2.49. The van der Waals surface area contributed by atoms with Gasteiger partial charge in [-0.1, -0.05) is 23.7 Å².